The molecule has 0 saturated carbocycles. The maximum Gasteiger partial charge on any atom is 0.260 e. The number of nitrogens with zero attached hydrogens (tertiary/aromatic N) is 2. The molecular formula is C21H25FN2O3. The molecule has 0 unspecified atom stereocenters. The Labute approximate surface area is 159 Å². The molecule has 1 aliphatic rings. The Morgan fingerprint density at radius 1 is 1.00 bits per heavy atom. The van der Waals surface area contributed by atoms with Crippen molar-refractivity contribution in [3.05, 3.63) is 59.9 Å². The van der Waals surface area contributed by atoms with E-state index in [0.717, 1.165) is 18.7 Å². The molecule has 1 fully saturated rings. The molecule has 1 heterocycles. The highest BCUT2D eigenvalue weighted by Crippen LogP contribution is 2.15. The maximum absolute atomic E-state index is 13.5. The Bertz CT molecular complexity index is 743. The maximum atomic E-state index is 13.5. The lowest BCUT2D eigenvalue weighted by Crippen LogP contribution is -2.50. The summed E-state index contributed by atoms with van der Waals surface area (Å²) in [6.45, 7) is 6.07. The number of carbonyl (C=O) groups is 1. The second kappa shape index (κ2) is 9.37. The third-order valence-corrected chi connectivity index (χ3v) is 4.61. The van der Waals surface area contributed by atoms with E-state index in [2.05, 4.69) is 4.90 Å². The lowest BCUT2D eigenvalue weighted by molar-refractivity contribution is -0.135. The van der Waals surface area contributed by atoms with Gasteiger partial charge in [-0.3, -0.25) is 9.69 Å². The number of benzene rings is 2. The summed E-state index contributed by atoms with van der Waals surface area (Å²) in [5, 5.41) is 0. The van der Waals surface area contributed by atoms with Crippen molar-refractivity contribution in [1.82, 2.24) is 9.80 Å². The highest BCUT2D eigenvalue weighted by molar-refractivity contribution is 5.77. The molecule has 144 valence electrons. The summed E-state index contributed by atoms with van der Waals surface area (Å²) in [6, 6.07) is 14.1. The molecule has 0 bridgehead atoms. The number of halogens is 1. The SMILES string of the molecule is Cc1ccc(OCC(=O)N2CCN(CCOc3ccccc3F)CC2)cc1. The minimum Gasteiger partial charge on any atom is -0.489 e. The monoisotopic (exact) mass is 372 g/mol. The number of para-hydroxylation sites is 1. The van der Waals surface area contributed by atoms with E-state index >= 15 is 0 Å². The molecule has 0 radical (unpaired) electrons. The number of aryl methyl sites for hydroxylation is 1. The fourth-order valence-electron chi connectivity index (χ4n) is 2.94. The molecular weight excluding hydrogens is 347 g/mol. The van der Waals surface area contributed by atoms with Crippen molar-refractivity contribution >= 4 is 5.91 Å². The molecule has 0 spiro atoms. The third-order valence-electron chi connectivity index (χ3n) is 4.61. The number of ether oxygens (including phenoxy) is 2. The van der Waals surface area contributed by atoms with Crippen LogP contribution in [0.2, 0.25) is 0 Å². The standard InChI is InChI=1S/C21H25FN2O3/c1-17-6-8-18(9-7-17)27-16-21(25)24-12-10-23(11-13-24)14-15-26-20-5-3-2-4-19(20)22/h2-9H,10-16H2,1H3. The van der Waals surface area contributed by atoms with Crippen LogP contribution in [-0.2, 0) is 4.79 Å². The molecule has 2 aromatic carbocycles. The highest BCUT2D eigenvalue weighted by atomic mass is 19.1. The number of amides is 1. The second-order valence-corrected chi connectivity index (χ2v) is 6.60. The molecule has 0 aliphatic carbocycles. The van der Waals surface area contributed by atoms with E-state index in [-0.39, 0.29) is 24.1 Å². The molecule has 0 atom stereocenters. The molecule has 1 saturated heterocycles. The van der Waals surface area contributed by atoms with Crippen LogP contribution in [0.3, 0.4) is 0 Å². The van der Waals surface area contributed by atoms with E-state index in [1.54, 1.807) is 18.2 Å². The van der Waals surface area contributed by atoms with Crippen molar-refractivity contribution < 1.29 is 18.7 Å². The summed E-state index contributed by atoms with van der Waals surface area (Å²) in [5.41, 5.74) is 1.16. The van der Waals surface area contributed by atoms with Crippen LogP contribution in [0, 0.1) is 12.7 Å². The van der Waals surface area contributed by atoms with Crippen molar-refractivity contribution in [2.45, 2.75) is 6.92 Å². The number of carbonyl (C=O) groups excluding carboxylic acids is 1. The van der Waals surface area contributed by atoms with Crippen LogP contribution in [0.15, 0.2) is 48.5 Å². The zero-order chi connectivity index (χ0) is 19.1. The predicted octanol–water partition coefficient (Wildman–Crippen LogP) is 2.74. The smallest absolute Gasteiger partial charge is 0.260 e. The first-order valence-corrected chi connectivity index (χ1v) is 9.19. The Morgan fingerprint density at radius 2 is 1.70 bits per heavy atom. The molecule has 3 rings (SSSR count). The molecule has 5 nitrogen and oxygen atoms in total. The average molecular weight is 372 g/mol. The first-order chi connectivity index (χ1) is 13.1. The van der Waals surface area contributed by atoms with Crippen LogP contribution in [0.4, 0.5) is 4.39 Å². The average Bonchev–Trinajstić information content (AvgIpc) is 2.69. The summed E-state index contributed by atoms with van der Waals surface area (Å²) in [4.78, 5) is 16.3. The van der Waals surface area contributed by atoms with Crippen molar-refractivity contribution in [2.75, 3.05) is 45.9 Å². The summed E-state index contributed by atoms with van der Waals surface area (Å²) in [6.07, 6.45) is 0. The number of hydrogen-bond donors (Lipinski definition) is 0. The van der Waals surface area contributed by atoms with Gasteiger partial charge in [0.2, 0.25) is 0 Å². The normalized spacial score (nSPS) is 14.8. The van der Waals surface area contributed by atoms with E-state index < -0.39 is 0 Å². The van der Waals surface area contributed by atoms with Crippen molar-refractivity contribution in [2.24, 2.45) is 0 Å². The van der Waals surface area contributed by atoms with Crippen LogP contribution >= 0.6 is 0 Å². The van der Waals surface area contributed by atoms with Gasteiger partial charge in [0.25, 0.3) is 5.91 Å². The molecule has 6 heteroatoms. The summed E-state index contributed by atoms with van der Waals surface area (Å²) >= 11 is 0. The molecule has 1 amide bonds. The number of piperazine rings is 1. The minimum atomic E-state index is -0.346. The van der Waals surface area contributed by atoms with Crippen LogP contribution in [0.1, 0.15) is 5.56 Å². The molecule has 1 aliphatic heterocycles. The first-order valence-electron chi connectivity index (χ1n) is 9.19. The fourth-order valence-corrected chi connectivity index (χ4v) is 2.94. The van der Waals surface area contributed by atoms with Crippen LogP contribution < -0.4 is 9.47 Å². The summed E-state index contributed by atoms with van der Waals surface area (Å²) < 4.78 is 24.6. The van der Waals surface area contributed by atoms with E-state index in [1.807, 2.05) is 36.1 Å². The topological polar surface area (TPSA) is 42.0 Å². The van der Waals surface area contributed by atoms with Gasteiger partial charge in [-0.25, -0.2) is 4.39 Å². The van der Waals surface area contributed by atoms with Crippen molar-refractivity contribution in [3.8, 4) is 11.5 Å². The van der Waals surface area contributed by atoms with E-state index in [0.29, 0.717) is 32.0 Å². The molecule has 27 heavy (non-hydrogen) atoms. The highest BCUT2D eigenvalue weighted by Gasteiger charge is 2.21. The van der Waals surface area contributed by atoms with Gasteiger partial charge >= 0.3 is 0 Å². The Balaban J connectivity index is 1.35. The van der Waals surface area contributed by atoms with Gasteiger partial charge in [-0.2, -0.15) is 0 Å². The van der Waals surface area contributed by atoms with Gasteiger partial charge in [0.15, 0.2) is 18.2 Å². The summed E-state index contributed by atoms with van der Waals surface area (Å²) in [5.74, 6) is 0.636. The minimum absolute atomic E-state index is 0.00201. The number of rotatable bonds is 7. The van der Waals surface area contributed by atoms with Gasteiger partial charge in [-0.05, 0) is 31.2 Å². The van der Waals surface area contributed by atoms with E-state index in [9.17, 15) is 9.18 Å². The molecule has 0 N–H and O–H groups in total. The van der Waals surface area contributed by atoms with Gasteiger partial charge in [0.1, 0.15) is 12.4 Å². The zero-order valence-electron chi connectivity index (χ0n) is 15.6. The zero-order valence-corrected chi connectivity index (χ0v) is 15.6. The van der Waals surface area contributed by atoms with Crippen LogP contribution in [0.5, 0.6) is 11.5 Å². The quantitative estimate of drug-likeness (QED) is 0.750. The summed E-state index contributed by atoms with van der Waals surface area (Å²) in [7, 11) is 0. The van der Waals surface area contributed by atoms with Gasteiger partial charge in [0, 0.05) is 32.7 Å². The molecule has 0 aromatic heterocycles. The third kappa shape index (κ3) is 5.69. The van der Waals surface area contributed by atoms with Gasteiger partial charge < -0.3 is 14.4 Å². The lowest BCUT2D eigenvalue weighted by Gasteiger charge is -2.34. The van der Waals surface area contributed by atoms with Gasteiger partial charge in [0.05, 0.1) is 0 Å². The largest absolute Gasteiger partial charge is 0.489 e. The fraction of sp³-hybridized carbons (Fsp3) is 0.381. The van der Waals surface area contributed by atoms with Crippen LogP contribution in [-0.4, -0.2) is 61.6 Å². The van der Waals surface area contributed by atoms with Gasteiger partial charge in [-0.1, -0.05) is 29.8 Å². The van der Waals surface area contributed by atoms with E-state index in [4.69, 9.17) is 9.47 Å². The van der Waals surface area contributed by atoms with Crippen molar-refractivity contribution in [3.63, 3.8) is 0 Å². The molecule has 2 aromatic rings. The van der Waals surface area contributed by atoms with Gasteiger partial charge in [-0.15, -0.1) is 0 Å². The van der Waals surface area contributed by atoms with E-state index in [1.165, 1.54) is 6.07 Å². The van der Waals surface area contributed by atoms with Crippen LogP contribution in [0.25, 0.3) is 0 Å². The first kappa shape index (κ1) is 19.2. The number of hydrogen-bond acceptors (Lipinski definition) is 4. The predicted molar refractivity (Wildman–Crippen MR) is 102 cm³/mol. The Morgan fingerprint density at radius 3 is 2.41 bits per heavy atom. The Hall–Kier alpha value is -2.60. The Kier molecular flexibility index (Phi) is 6.65. The second-order valence-electron chi connectivity index (χ2n) is 6.60. The lowest BCUT2D eigenvalue weighted by atomic mass is 10.2. The van der Waals surface area contributed by atoms with Crippen molar-refractivity contribution in [1.29, 1.82) is 0 Å².